The van der Waals surface area contributed by atoms with Crippen molar-refractivity contribution in [1.82, 2.24) is 0 Å². The molecule has 23 heavy (non-hydrogen) atoms. The number of benzene rings is 1. The Hall–Kier alpha value is -2.08. The lowest BCUT2D eigenvalue weighted by molar-refractivity contribution is 0.247. The highest BCUT2D eigenvalue weighted by Crippen LogP contribution is 2.10. The van der Waals surface area contributed by atoms with Crippen LogP contribution in [0.15, 0.2) is 76.0 Å². The third-order valence-electron chi connectivity index (χ3n) is 3.36. The average molecular weight is 330 g/mol. The van der Waals surface area contributed by atoms with Crippen molar-refractivity contribution in [3.8, 4) is 0 Å². The summed E-state index contributed by atoms with van der Waals surface area (Å²) in [6, 6.07) is 17.7. The van der Waals surface area contributed by atoms with Gasteiger partial charge >= 0.3 is 0 Å². The Balaban J connectivity index is 0.000000229. The van der Waals surface area contributed by atoms with E-state index in [2.05, 4.69) is 37.4 Å². The van der Waals surface area contributed by atoms with Crippen LogP contribution in [-0.2, 0) is 17.6 Å². The molecule has 0 saturated carbocycles. The van der Waals surface area contributed by atoms with Crippen molar-refractivity contribution in [3.63, 3.8) is 0 Å². The fourth-order valence-corrected chi connectivity index (χ4v) is 3.64. The molecular weight excluding hydrogens is 308 g/mol. The predicted octanol–water partition coefficient (Wildman–Crippen LogP) is 3.68. The van der Waals surface area contributed by atoms with Crippen molar-refractivity contribution < 1.29 is 18.4 Å². The number of hydrogen-bond donors (Lipinski definition) is 1. The maximum atomic E-state index is 8.33. The van der Waals surface area contributed by atoms with Crippen LogP contribution in [0.25, 0.3) is 0 Å². The number of hydrogen-bond acceptors (Lipinski definition) is 4. The summed E-state index contributed by atoms with van der Waals surface area (Å²) < 4.78 is 16.0. The highest BCUT2D eigenvalue weighted by Gasteiger charge is 2.25. The maximum absolute atomic E-state index is 8.33. The zero-order valence-corrected chi connectivity index (χ0v) is 14.4. The van der Waals surface area contributed by atoms with Gasteiger partial charge in [0.1, 0.15) is 18.1 Å². The third-order valence-corrected chi connectivity index (χ3v) is 5.95. The van der Waals surface area contributed by atoms with Gasteiger partial charge < -0.3 is 18.4 Å². The van der Waals surface area contributed by atoms with Crippen LogP contribution in [-0.4, -0.2) is 13.4 Å². The van der Waals surface area contributed by atoms with Gasteiger partial charge in [0.15, 0.2) is 0 Å². The quantitative estimate of drug-likeness (QED) is 0.725. The zero-order valence-electron chi connectivity index (χ0n) is 13.4. The predicted molar refractivity (Wildman–Crippen MR) is 91.7 cm³/mol. The van der Waals surface area contributed by atoms with E-state index in [4.69, 9.17) is 18.4 Å². The van der Waals surface area contributed by atoms with Crippen LogP contribution in [0.5, 0.6) is 0 Å². The Kier molecular flexibility index (Phi) is 6.40. The molecule has 4 nitrogen and oxygen atoms in total. The lowest BCUT2D eigenvalue weighted by Gasteiger charge is -2.22. The molecule has 0 aliphatic heterocycles. The molecule has 0 spiro atoms. The van der Waals surface area contributed by atoms with Gasteiger partial charge in [0.2, 0.25) is 8.32 Å². The van der Waals surface area contributed by atoms with E-state index >= 15 is 0 Å². The lowest BCUT2D eigenvalue weighted by atomic mass is 10.4. The highest BCUT2D eigenvalue weighted by atomic mass is 28.4. The number of aliphatic hydroxyl groups excluding tert-OH is 1. The first-order valence-corrected chi connectivity index (χ1v) is 10.4. The molecule has 2 heterocycles. The van der Waals surface area contributed by atoms with Crippen molar-refractivity contribution in [2.24, 2.45) is 0 Å². The van der Waals surface area contributed by atoms with Gasteiger partial charge in [-0.2, -0.15) is 0 Å². The summed E-state index contributed by atoms with van der Waals surface area (Å²) in [6.07, 6.45) is 3.21. The van der Waals surface area contributed by atoms with Crippen LogP contribution < -0.4 is 5.19 Å². The minimum atomic E-state index is -1.80. The number of aliphatic hydroxyl groups is 1. The molecule has 3 rings (SSSR count). The Morgan fingerprint density at radius 2 is 1.48 bits per heavy atom. The van der Waals surface area contributed by atoms with Crippen LogP contribution in [0.3, 0.4) is 0 Å². The number of furan rings is 2. The van der Waals surface area contributed by atoms with E-state index in [-0.39, 0.29) is 6.61 Å². The Morgan fingerprint density at radius 3 is 1.96 bits per heavy atom. The summed E-state index contributed by atoms with van der Waals surface area (Å²) in [7, 11) is -1.80. The standard InChI is InChI=1S/C13H16O2Si.C5H6O2/c1-16(2,13-8-4-3-5-9-13)15-11-12-7-6-10-14-12;6-4-5-2-1-3-7-5/h3-10H,11H2,1-2H3;1-3,6H,4H2. The SMILES string of the molecule is C[Si](C)(OCc1ccco1)c1ccccc1.OCc1ccco1. The molecule has 0 unspecified atom stereocenters. The fraction of sp³-hybridized carbons (Fsp3) is 0.222. The summed E-state index contributed by atoms with van der Waals surface area (Å²) >= 11 is 0. The first-order chi connectivity index (χ1) is 11.1. The molecule has 0 bridgehead atoms. The number of rotatable bonds is 5. The van der Waals surface area contributed by atoms with Gasteiger partial charge in [-0.15, -0.1) is 0 Å². The Labute approximate surface area is 137 Å². The molecule has 5 heteroatoms. The van der Waals surface area contributed by atoms with Crippen LogP contribution in [0.2, 0.25) is 13.1 Å². The Bertz CT molecular complexity index is 646. The largest absolute Gasteiger partial charge is 0.467 e. The summed E-state index contributed by atoms with van der Waals surface area (Å²) in [6.45, 7) is 4.95. The second-order valence-corrected chi connectivity index (χ2v) is 9.37. The average Bonchev–Trinajstić information content (AvgIpc) is 3.28. The molecule has 0 saturated heterocycles. The molecule has 1 aromatic carbocycles. The van der Waals surface area contributed by atoms with Crippen molar-refractivity contribution in [1.29, 1.82) is 0 Å². The third kappa shape index (κ3) is 5.56. The monoisotopic (exact) mass is 330 g/mol. The van der Waals surface area contributed by atoms with E-state index in [0.29, 0.717) is 12.4 Å². The van der Waals surface area contributed by atoms with E-state index in [0.717, 1.165) is 5.76 Å². The zero-order chi connectivity index (χ0) is 16.5. The normalized spacial score (nSPS) is 10.9. The topological polar surface area (TPSA) is 55.7 Å². The molecule has 0 radical (unpaired) electrons. The molecule has 3 aromatic rings. The van der Waals surface area contributed by atoms with Gasteiger partial charge in [0, 0.05) is 0 Å². The van der Waals surface area contributed by atoms with E-state index in [9.17, 15) is 0 Å². The summed E-state index contributed by atoms with van der Waals surface area (Å²) in [5.74, 6) is 1.50. The summed E-state index contributed by atoms with van der Waals surface area (Å²) in [5.41, 5.74) is 0. The van der Waals surface area contributed by atoms with E-state index in [1.54, 1.807) is 18.4 Å². The van der Waals surface area contributed by atoms with Crippen LogP contribution >= 0.6 is 0 Å². The highest BCUT2D eigenvalue weighted by molar-refractivity contribution is 6.84. The van der Waals surface area contributed by atoms with E-state index in [1.165, 1.54) is 11.4 Å². The van der Waals surface area contributed by atoms with Gasteiger partial charge in [-0.05, 0) is 42.5 Å². The molecule has 0 atom stereocenters. The van der Waals surface area contributed by atoms with Crippen LogP contribution in [0.4, 0.5) is 0 Å². The van der Waals surface area contributed by atoms with Gasteiger partial charge in [0.05, 0.1) is 19.1 Å². The van der Waals surface area contributed by atoms with Crippen molar-refractivity contribution in [2.45, 2.75) is 26.3 Å². The molecule has 2 aromatic heterocycles. The molecule has 0 fully saturated rings. The van der Waals surface area contributed by atoms with Gasteiger partial charge in [-0.25, -0.2) is 0 Å². The lowest BCUT2D eigenvalue weighted by Crippen LogP contribution is -2.44. The van der Waals surface area contributed by atoms with Gasteiger partial charge in [-0.3, -0.25) is 0 Å². The maximum Gasteiger partial charge on any atom is 0.218 e. The van der Waals surface area contributed by atoms with Crippen molar-refractivity contribution in [2.75, 3.05) is 0 Å². The summed E-state index contributed by atoms with van der Waals surface area (Å²) in [4.78, 5) is 0. The van der Waals surface area contributed by atoms with E-state index < -0.39 is 8.32 Å². The fourth-order valence-electron chi connectivity index (χ4n) is 1.97. The van der Waals surface area contributed by atoms with Gasteiger partial charge in [-0.1, -0.05) is 30.3 Å². The second kappa shape index (κ2) is 8.52. The first-order valence-electron chi connectivity index (χ1n) is 7.47. The molecule has 0 aliphatic rings. The van der Waals surface area contributed by atoms with Gasteiger partial charge in [0.25, 0.3) is 0 Å². The molecule has 122 valence electrons. The second-order valence-electron chi connectivity index (χ2n) is 5.48. The minimum Gasteiger partial charge on any atom is -0.467 e. The molecule has 0 amide bonds. The molecule has 0 aliphatic carbocycles. The summed E-state index contributed by atoms with van der Waals surface area (Å²) in [5, 5.41) is 9.64. The molecular formula is C18H22O4Si. The molecule has 1 N–H and O–H groups in total. The van der Waals surface area contributed by atoms with Crippen molar-refractivity contribution in [3.05, 3.63) is 78.6 Å². The smallest absolute Gasteiger partial charge is 0.218 e. The van der Waals surface area contributed by atoms with Crippen LogP contribution in [0, 0.1) is 0 Å². The minimum absolute atomic E-state index is 0.00694. The first kappa shape index (κ1) is 17.3. The van der Waals surface area contributed by atoms with E-state index in [1.807, 2.05) is 18.2 Å². The van der Waals surface area contributed by atoms with Crippen LogP contribution in [0.1, 0.15) is 11.5 Å². The van der Waals surface area contributed by atoms with Crippen molar-refractivity contribution >= 4 is 13.5 Å². The Morgan fingerprint density at radius 1 is 0.870 bits per heavy atom.